The molecule has 2 aromatic rings. The van der Waals surface area contributed by atoms with Crippen LogP contribution in [-0.4, -0.2) is 25.8 Å². The third kappa shape index (κ3) is 3.27. The standard InChI is InChI=1S/C12H15N5S/c1-9(8-17-6-2-4-15-17)16-10-3-5-14-11(7-10)12(13)18/h2-7,9H,8H2,1H3,(H2,13,18)(H,14,16). The van der Waals surface area contributed by atoms with E-state index in [4.69, 9.17) is 18.0 Å². The Balaban J connectivity index is 2.00. The largest absolute Gasteiger partial charge is 0.388 e. The molecule has 0 fully saturated rings. The van der Waals surface area contributed by atoms with E-state index < -0.39 is 0 Å². The van der Waals surface area contributed by atoms with E-state index in [1.807, 2.05) is 29.1 Å². The van der Waals surface area contributed by atoms with Crippen LogP contribution in [0.5, 0.6) is 0 Å². The van der Waals surface area contributed by atoms with Gasteiger partial charge in [0.15, 0.2) is 0 Å². The molecule has 0 aliphatic rings. The summed E-state index contributed by atoms with van der Waals surface area (Å²) in [4.78, 5) is 4.40. The molecular formula is C12H15N5S. The summed E-state index contributed by atoms with van der Waals surface area (Å²) in [7, 11) is 0. The molecule has 0 saturated heterocycles. The molecule has 2 heterocycles. The average Bonchev–Trinajstić information content (AvgIpc) is 2.82. The van der Waals surface area contributed by atoms with E-state index >= 15 is 0 Å². The second kappa shape index (κ2) is 5.59. The van der Waals surface area contributed by atoms with Crippen molar-refractivity contribution >= 4 is 22.9 Å². The number of pyridine rings is 1. The molecule has 2 aromatic heterocycles. The molecule has 0 saturated carbocycles. The normalized spacial score (nSPS) is 12.1. The molecule has 1 unspecified atom stereocenters. The number of nitrogens with zero attached hydrogens (tertiary/aromatic N) is 3. The van der Waals surface area contributed by atoms with Gasteiger partial charge >= 0.3 is 0 Å². The van der Waals surface area contributed by atoms with Gasteiger partial charge in [0.25, 0.3) is 0 Å². The van der Waals surface area contributed by atoms with Crippen LogP contribution in [0.2, 0.25) is 0 Å². The molecule has 0 aliphatic carbocycles. The van der Waals surface area contributed by atoms with Gasteiger partial charge in [-0.15, -0.1) is 0 Å². The zero-order chi connectivity index (χ0) is 13.0. The summed E-state index contributed by atoms with van der Waals surface area (Å²) in [6, 6.07) is 5.89. The molecule has 3 N–H and O–H groups in total. The summed E-state index contributed by atoms with van der Waals surface area (Å²) in [5.41, 5.74) is 7.13. The smallest absolute Gasteiger partial charge is 0.122 e. The zero-order valence-corrected chi connectivity index (χ0v) is 10.9. The van der Waals surface area contributed by atoms with Crippen molar-refractivity contribution < 1.29 is 0 Å². The van der Waals surface area contributed by atoms with Crippen molar-refractivity contribution in [1.82, 2.24) is 14.8 Å². The maximum absolute atomic E-state index is 5.55. The Labute approximate surface area is 111 Å². The second-order valence-corrected chi connectivity index (χ2v) is 4.51. The van der Waals surface area contributed by atoms with Gasteiger partial charge in [0.1, 0.15) is 4.99 Å². The van der Waals surface area contributed by atoms with Crippen LogP contribution in [0.15, 0.2) is 36.8 Å². The van der Waals surface area contributed by atoms with Crippen LogP contribution in [-0.2, 0) is 6.54 Å². The molecular weight excluding hydrogens is 246 g/mol. The number of nitrogens with two attached hydrogens (primary N) is 1. The molecule has 2 rings (SSSR count). The summed E-state index contributed by atoms with van der Waals surface area (Å²) >= 11 is 4.90. The summed E-state index contributed by atoms with van der Waals surface area (Å²) in [5.74, 6) is 0. The highest BCUT2D eigenvalue weighted by atomic mass is 32.1. The SMILES string of the molecule is CC(Cn1cccn1)Nc1ccnc(C(N)=S)c1. The van der Waals surface area contributed by atoms with Crippen LogP contribution < -0.4 is 11.1 Å². The van der Waals surface area contributed by atoms with E-state index in [0.29, 0.717) is 10.7 Å². The number of rotatable bonds is 5. The van der Waals surface area contributed by atoms with Gasteiger partial charge in [0, 0.05) is 30.3 Å². The Morgan fingerprint density at radius 3 is 3.06 bits per heavy atom. The van der Waals surface area contributed by atoms with E-state index in [9.17, 15) is 0 Å². The molecule has 18 heavy (non-hydrogen) atoms. The molecule has 5 nitrogen and oxygen atoms in total. The minimum Gasteiger partial charge on any atom is -0.388 e. The molecule has 0 bridgehead atoms. The maximum Gasteiger partial charge on any atom is 0.122 e. The van der Waals surface area contributed by atoms with Gasteiger partial charge in [-0.05, 0) is 25.1 Å². The fraction of sp³-hybridized carbons (Fsp3) is 0.250. The van der Waals surface area contributed by atoms with Gasteiger partial charge in [0.05, 0.1) is 12.2 Å². The van der Waals surface area contributed by atoms with Gasteiger partial charge < -0.3 is 11.1 Å². The zero-order valence-electron chi connectivity index (χ0n) is 10.1. The lowest BCUT2D eigenvalue weighted by Crippen LogP contribution is -2.22. The quantitative estimate of drug-likeness (QED) is 0.797. The molecule has 6 heteroatoms. The van der Waals surface area contributed by atoms with Gasteiger partial charge in [-0.1, -0.05) is 12.2 Å². The summed E-state index contributed by atoms with van der Waals surface area (Å²) in [5, 5.41) is 7.53. The number of hydrogen-bond donors (Lipinski definition) is 2. The molecule has 0 amide bonds. The van der Waals surface area contributed by atoms with Crippen molar-refractivity contribution in [2.45, 2.75) is 19.5 Å². The van der Waals surface area contributed by atoms with Crippen LogP contribution in [0.1, 0.15) is 12.6 Å². The first kappa shape index (κ1) is 12.5. The summed E-state index contributed by atoms with van der Waals surface area (Å²) < 4.78 is 1.88. The summed E-state index contributed by atoms with van der Waals surface area (Å²) in [6.07, 6.45) is 5.40. The van der Waals surface area contributed by atoms with Crippen molar-refractivity contribution in [2.75, 3.05) is 5.32 Å². The molecule has 0 aliphatic heterocycles. The van der Waals surface area contributed by atoms with E-state index in [2.05, 4.69) is 22.3 Å². The van der Waals surface area contributed by atoms with E-state index in [-0.39, 0.29) is 6.04 Å². The minimum absolute atomic E-state index is 0.242. The predicted molar refractivity (Wildman–Crippen MR) is 75.4 cm³/mol. The van der Waals surface area contributed by atoms with E-state index in [1.165, 1.54) is 0 Å². The number of nitrogens with one attached hydrogen (secondary N) is 1. The lowest BCUT2D eigenvalue weighted by molar-refractivity contribution is 0.561. The third-order valence-corrected chi connectivity index (χ3v) is 2.65. The number of hydrogen-bond acceptors (Lipinski definition) is 4. The molecule has 94 valence electrons. The number of thiocarbonyl (C=S) groups is 1. The van der Waals surface area contributed by atoms with Gasteiger partial charge in [-0.25, -0.2) is 0 Å². The van der Waals surface area contributed by atoms with Crippen molar-refractivity contribution in [3.63, 3.8) is 0 Å². The first-order valence-electron chi connectivity index (χ1n) is 5.65. The Bertz CT molecular complexity index is 523. The molecule has 0 spiro atoms. The highest BCUT2D eigenvalue weighted by Gasteiger charge is 2.05. The lowest BCUT2D eigenvalue weighted by atomic mass is 10.2. The molecule has 0 aromatic carbocycles. The first-order chi connectivity index (χ1) is 8.65. The first-order valence-corrected chi connectivity index (χ1v) is 6.06. The summed E-state index contributed by atoms with van der Waals surface area (Å²) in [6.45, 7) is 2.88. The molecule has 1 atom stereocenters. The number of aromatic nitrogens is 3. The monoisotopic (exact) mass is 261 g/mol. The fourth-order valence-electron chi connectivity index (χ4n) is 1.67. The van der Waals surface area contributed by atoms with Crippen molar-refractivity contribution in [2.24, 2.45) is 5.73 Å². The Morgan fingerprint density at radius 1 is 1.56 bits per heavy atom. The number of anilines is 1. The molecule has 0 radical (unpaired) electrons. The average molecular weight is 261 g/mol. The highest BCUT2D eigenvalue weighted by Crippen LogP contribution is 2.10. The van der Waals surface area contributed by atoms with Gasteiger partial charge in [-0.2, -0.15) is 5.10 Å². The van der Waals surface area contributed by atoms with Crippen LogP contribution >= 0.6 is 12.2 Å². The van der Waals surface area contributed by atoms with Gasteiger partial charge in [-0.3, -0.25) is 9.67 Å². The maximum atomic E-state index is 5.55. The Morgan fingerprint density at radius 2 is 2.39 bits per heavy atom. The van der Waals surface area contributed by atoms with E-state index in [0.717, 1.165) is 12.2 Å². The minimum atomic E-state index is 0.242. The topological polar surface area (TPSA) is 68.8 Å². The lowest BCUT2D eigenvalue weighted by Gasteiger charge is -2.15. The van der Waals surface area contributed by atoms with Crippen LogP contribution in [0.3, 0.4) is 0 Å². The van der Waals surface area contributed by atoms with Crippen molar-refractivity contribution in [3.05, 3.63) is 42.5 Å². The fourth-order valence-corrected chi connectivity index (χ4v) is 1.79. The van der Waals surface area contributed by atoms with Crippen LogP contribution in [0.25, 0.3) is 0 Å². The Hall–Kier alpha value is -1.95. The van der Waals surface area contributed by atoms with Crippen molar-refractivity contribution in [3.8, 4) is 0 Å². The third-order valence-electron chi connectivity index (χ3n) is 2.45. The highest BCUT2D eigenvalue weighted by molar-refractivity contribution is 7.80. The van der Waals surface area contributed by atoms with E-state index in [1.54, 1.807) is 12.4 Å². The van der Waals surface area contributed by atoms with Gasteiger partial charge in [0.2, 0.25) is 0 Å². The Kier molecular flexibility index (Phi) is 3.88. The predicted octanol–water partition coefficient (Wildman–Crippen LogP) is 1.41. The van der Waals surface area contributed by atoms with Crippen molar-refractivity contribution in [1.29, 1.82) is 0 Å². The second-order valence-electron chi connectivity index (χ2n) is 4.07. The van der Waals surface area contributed by atoms with Crippen LogP contribution in [0.4, 0.5) is 5.69 Å². The van der Waals surface area contributed by atoms with Crippen LogP contribution in [0, 0.1) is 0 Å².